The van der Waals surface area contributed by atoms with Crippen molar-refractivity contribution in [2.75, 3.05) is 11.5 Å². The number of carboxylic acids is 1. The van der Waals surface area contributed by atoms with Gasteiger partial charge in [-0.1, -0.05) is 55.5 Å². The van der Waals surface area contributed by atoms with Gasteiger partial charge in [0.1, 0.15) is 0 Å². The van der Waals surface area contributed by atoms with Crippen molar-refractivity contribution in [2.45, 2.75) is 51.9 Å². The molecule has 0 aromatic carbocycles. The standard InChI is InChI=1S/C19H30O2S/c1-2-3-4-5-6-7-8-9-10-11-12-13-14-17-22-18-15-16-19(20)21/h3-4,6-7,9-10,12-13H,2,5,8,11,14-18H2,1H3,(H,20,21)/b4-3-,7-6-,10-9-,13-12-. The highest BCUT2D eigenvalue weighted by Crippen LogP contribution is 2.07. The molecule has 1 N–H and O–H groups in total. The van der Waals surface area contributed by atoms with Gasteiger partial charge in [0.15, 0.2) is 0 Å². The summed E-state index contributed by atoms with van der Waals surface area (Å²) < 4.78 is 0. The Labute approximate surface area is 140 Å². The summed E-state index contributed by atoms with van der Waals surface area (Å²) >= 11 is 1.83. The van der Waals surface area contributed by atoms with Crippen molar-refractivity contribution < 1.29 is 9.90 Å². The number of carboxylic acid groups (broad SMARTS) is 1. The lowest BCUT2D eigenvalue weighted by atomic mass is 10.2. The van der Waals surface area contributed by atoms with Gasteiger partial charge in [-0.05, 0) is 50.0 Å². The topological polar surface area (TPSA) is 37.3 Å². The van der Waals surface area contributed by atoms with Gasteiger partial charge in [0.25, 0.3) is 0 Å². The fourth-order valence-electron chi connectivity index (χ4n) is 1.68. The van der Waals surface area contributed by atoms with Gasteiger partial charge in [-0.2, -0.15) is 11.8 Å². The lowest BCUT2D eigenvalue weighted by Crippen LogP contribution is -1.95. The van der Waals surface area contributed by atoms with Crippen LogP contribution in [0.5, 0.6) is 0 Å². The monoisotopic (exact) mass is 322 g/mol. The van der Waals surface area contributed by atoms with Crippen molar-refractivity contribution in [3.63, 3.8) is 0 Å². The van der Waals surface area contributed by atoms with Crippen LogP contribution in [-0.2, 0) is 4.79 Å². The Hall–Kier alpha value is -1.22. The van der Waals surface area contributed by atoms with E-state index >= 15 is 0 Å². The molecule has 0 aliphatic heterocycles. The first kappa shape index (κ1) is 20.8. The highest BCUT2D eigenvalue weighted by molar-refractivity contribution is 7.99. The van der Waals surface area contributed by atoms with E-state index in [0.29, 0.717) is 0 Å². The van der Waals surface area contributed by atoms with E-state index in [1.807, 2.05) is 11.8 Å². The molecular weight excluding hydrogens is 292 g/mol. The Kier molecular flexibility index (Phi) is 16.8. The number of carbonyl (C=O) groups is 1. The predicted molar refractivity (Wildman–Crippen MR) is 99.5 cm³/mol. The fourth-order valence-corrected chi connectivity index (χ4v) is 2.53. The third kappa shape index (κ3) is 18.8. The fraction of sp³-hybridized carbons (Fsp3) is 0.526. The zero-order chi connectivity index (χ0) is 16.3. The molecule has 2 nitrogen and oxygen atoms in total. The number of aliphatic carboxylic acids is 1. The second-order valence-corrected chi connectivity index (χ2v) is 6.12. The van der Waals surface area contributed by atoms with E-state index in [4.69, 9.17) is 5.11 Å². The summed E-state index contributed by atoms with van der Waals surface area (Å²) in [6.45, 7) is 2.15. The molecule has 0 atom stereocenters. The van der Waals surface area contributed by atoms with E-state index < -0.39 is 5.97 Å². The molecule has 0 unspecified atom stereocenters. The normalized spacial score (nSPS) is 12.4. The molecule has 3 heteroatoms. The van der Waals surface area contributed by atoms with Gasteiger partial charge in [0, 0.05) is 6.42 Å². The first-order valence-electron chi connectivity index (χ1n) is 8.17. The van der Waals surface area contributed by atoms with Crippen LogP contribution in [0.4, 0.5) is 0 Å². The Morgan fingerprint density at radius 2 is 1.41 bits per heavy atom. The third-order valence-electron chi connectivity index (χ3n) is 2.83. The van der Waals surface area contributed by atoms with E-state index in [0.717, 1.165) is 50.0 Å². The molecule has 0 radical (unpaired) electrons. The smallest absolute Gasteiger partial charge is 0.303 e. The summed E-state index contributed by atoms with van der Waals surface area (Å²) in [7, 11) is 0. The molecule has 0 rings (SSSR count). The van der Waals surface area contributed by atoms with Gasteiger partial charge < -0.3 is 5.11 Å². The average molecular weight is 323 g/mol. The van der Waals surface area contributed by atoms with Crippen LogP contribution < -0.4 is 0 Å². The molecule has 0 heterocycles. The van der Waals surface area contributed by atoms with Crippen LogP contribution in [0, 0.1) is 0 Å². The molecule has 0 aliphatic rings. The lowest BCUT2D eigenvalue weighted by Gasteiger charge is -1.96. The highest BCUT2D eigenvalue weighted by atomic mass is 32.2. The molecule has 0 spiro atoms. The Balaban J connectivity index is 3.34. The van der Waals surface area contributed by atoms with E-state index in [9.17, 15) is 4.79 Å². The first-order chi connectivity index (χ1) is 10.8. The van der Waals surface area contributed by atoms with E-state index in [1.54, 1.807) is 0 Å². The number of rotatable bonds is 14. The van der Waals surface area contributed by atoms with E-state index in [-0.39, 0.29) is 6.42 Å². The summed E-state index contributed by atoms with van der Waals surface area (Å²) in [4.78, 5) is 10.3. The minimum Gasteiger partial charge on any atom is -0.481 e. The first-order valence-corrected chi connectivity index (χ1v) is 9.32. The van der Waals surface area contributed by atoms with Crippen molar-refractivity contribution in [1.82, 2.24) is 0 Å². The second kappa shape index (κ2) is 17.8. The van der Waals surface area contributed by atoms with Crippen LogP contribution in [-0.4, -0.2) is 22.6 Å². The molecule has 0 aromatic rings. The van der Waals surface area contributed by atoms with Crippen molar-refractivity contribution >= 4 is 17.7 Å². The van der Waals surface area contributed by atoms with Crippen molar-refractivity contribution in [3.05, 3.63) is 48.6 Å². The van der Waals surface area contributed by atoms with E-state index in [1.165, 1.54) is 0 Å². The summed E-state index contributed by atoms with van der Waals surface area (Å²) in [6, 6.07) is 0. The summed E-state index contributed by atoms with van der Waals surface area (Å²) in [5.74, 6) is 1.33. The van der Waals surface area contributed by atoms with Crippen molar-refractivity contribution in [2.24, 2.45) is 0 Å². The van der Waals surface area contributed by atoms with Gasteiger partial charge >= 0.3 is 5.97 Å². The summed E-state index contributed by atoms with van der Waals surface area (Å²) in [5.41, 5.74) is 0. The molecule has 0 fully saturated rings. The molecular formula is C19H30O2S. The Morgan fingerprint density at radius 1 is 0.864 bits per heavy atom. The maximum atomic E-state index is 10.3. The second-order valence-electron chi connectivity index (χ2n) is 4.90. The maximum absolute atomic E-state index is 10.3. The van der Waals surface area contributed by atoms with Gasteiger partial charge in [-0.15, -0.1) is 0 Å². The molecule has 124 valence electrons. The Morgan fingerprint density at radius 3 is 1.95 bits per heavy atom. The Bertz CT molecular complexity index is 368. The molecule has 22 heavy (non-hydrogen) atoms. The largest absolute Gasteiger partial charge is 0.481 e. The number of hydrogen-bond donors (Lipinski definition) is 1. The van der Waals surface area contributed by atoms with Crippen LogP contribution in [0.25, 0.3) is 0 Å². The molecule has 0 aromatic heterocycles. The molecule has 0 amide bonds. The number of allylic oxidation sites excluding steroid dienone is 8. The highest BCUT2D eigenvalue weighted by Gasteiger charge is 1.95. The molecule has 0 aliphatic carbocycles. The predicted octanol–water partition coefficient (Wildman–Crippen LogP) is 5.78. The quantitative estimate of drug-likeness (QED) is 0.325. The van der Waals surface area contributed by atoms with E-state index in [2.05, 4.69) is 55.5 Å². The minimum atomic E-state index is -0.695. The van der Waals surface area contributed by atoms with Crippen LogP contribution in [0.15, 0.2) is 48.6 Å². The van der Waals surface area contributed by atoms with Gasteiger partial charge in [0.05, 0.1) is 0 Å². The SMILES string of the molecule is CC/C=C\C/C=C\C/C=C\C/C=C\CCSCCCC(=O)O. The average Bonchev–Trinajstić information content (AvgIpc) is 2.50. The zero-order valence-corrected chi connectivity index (χ0v) is 14.6. The maximum Gasteiger partial charge on any atom is 0.303 e. The lowest BCUT2D eigenvalue weighted by molar-refractivity contribution is -0.137. The van der Waals surface area contributed by atoms with Crippen molar-refractivity contribution in [1.29, 1.82) is 0 Å². The zero-order valence-electron chi connectivity index (χ0n) is 13.7. The summed E-state index contributed by atoms with van der Waals surface area (Å²) in [5, 5.41) is 8.51. The van der Waals surface area contributed by atoms with Crippen LogP contribution in [0.3, 0.4) is 0 Å². The van der Waals surface area contributed by atoms with Gasteiger partial charge in [0.2, 0.25) is 0 Å². The van der Waals surface area contributed by atoms with Crippen LogP contribution in [0.1, 0.15) is 51.9 Å². The van der Waals surface area contributed by atoms with Crippen LogP contribution >= 0.6 is 11.8 Å². The summed E-state index contributed by atoms with van der Waals surface area (Å²) in [6.07, 6.45) is 23.9. The number of thioether (sulfide) groups is 1. The molecule has 0 saturated heterocycles. The van der Waals surface area contributed by atoms with Gasteiger partial charge in [-0.3, -0.25) is 4.79 Å². The third-order valence-corrected chi connectivity index (χ3v) is 3.93. The van der Waals surface area contributed by atoms with Crippen LogP contribution in [0.2, 0.25) is 0 Å². The minimum absolute atomic E-state index is 0.289. The number of hydrogen-bond acceptors (Lipinski definition) is 2. The van der Waals surface area contributed by atoms with Gasteiger partial charge in [-0.25, -0.2) is 0 Å². The molecule has 0 bridgehead atoms. The van der Waals surface area contributed by atoms with Crippen molar-refractivity contribution in [3.8, 4) is 0 Å². The molecule has 0 saturated carbocycles.